The summed E-state index contributed by atoms with van der Waals surface area (Å²) < 4.78 is 25.9. The molecule has 6 heteroatoms. The molecule has 0 spiro atoms. The molecule has 1 saturated heterocycles. The molecule has 3 N–H and O–H groups in total. The van der Waals surface area contributed by atoms with Gasteiger partial charge in [-0.15, -0.1) is 0 Å². The monoisotopic (exact) mass is 298 g/mol. The third-order valence-corrected chi connectivity index (χ3v) is 4.07. The highest BCUT2D eigenvalue weighted by atomic mass is 19.2. The maximum Gasteiger partial charge on any atom is 0.246 e. The molecule has 1 aliphatic rings. The summed E-state index contributed by atoms with van der Waals surface area (Å²) in [6.45, 7) is 2.27. The number of nitrogens with two attached hydrogens (primary N) is 1. The van der Waals surface area contributed by atoms with Crippen molar-refractivity contribution < 1.29 is 18.7 Å². The highest BCUT2D eigenvalue weighted by molar-refractivity contribution is 5.78. The second-order valence-corrected chi connectivity index (χ2v) is 5.52. The van der Waals surface area contributed by atoms with Crippen molar-refractivity contribution in [2.24, 2.45) is 11.7 Å². The van der Waals surface area contributed by atoms with Gasteiger partial charge >= 0.3 is 0 Å². The molecule has 21 heavy (non-hydrogen) atoms. The van der Waals surface area contributed by atoms with Gasteiger partial charge < -0.3 is 15.7 Å². The van der Waals surface area contributed by atoms with Gasteiger partial charge in [-0.05, 0) is 56.0 Å². The Kier molecular flexibility index (Phi) is 5.25. The number of benzene rings is 1. The third-order valence-electron chi connectivity index (χ3n) is 4.07. The summed E-state index contributed by atoms with van der Waals surface area (Å²) >= 11 is 0. The van der Waals surface area contributed by atoms with Crippen molar-refractivity contribution in [3.63, 3.8) is 0 Å². The maximum absolute atomic E-state index is 13.1. The Bertz CT molecular complexity index is 502. The molecule has 1 aromatic carbocycles. The van der Waals surface area contributed by atoms with Gasteiger partial charge in [0.2, 0.25) is 5.91 Å². The predicted octanol–water partition coefficient (Wildman–Crippen LogP) is 1.07. The minimum atomic E-state index is -1.07. The van der Waals surface area contributed by atoms with Crippen molar-refractivity contribution in [2.45, 2.75) is 25.4 Å². The number of halogens is 2. The van der Waals surface area contributed by atoms with Crippen molar-refractivity contribution in [2.75, 3.05) is 19.6 Å². The number of hydrogen-bond acceptors (Lipinski definition) is 3. The smallest absolute Gasteiger partial charge is 0.246 e. The first-order chi connectivity index (χ1) is 9.97. The first-order valence-electron chi connectivity index (χ1n) is 7.11. The number of aliphatic hydroxyl groups excluding tert-OH is 1. The van der Waals surface area contributed by atoms with Crippen molar-refractivity contribution in [3.8, 4) is 0 Å². The van der Waals surface area contributed by atoms with Crippen LogP contribution in [-0.4, -0.2) is 41.7 Å². The number of primary amides is 1. The van der Waals surface area contributed by atoms with Crippen molar-refractivity contribution in [1.82, 2.24) is 4.90 Å². The van der Waals surface area contributed by atoms with Crippen LogP contribution in [0.25, 0.3) is 0 Å². The van der Waals surface area contributed by atoms with Gasteiger partial charge in [-0.1, -0.05) is 6.07 Å². The van der Waals surface area contributed by atoms with Gasteiger partial charge in [-0.3, -0.25) is 4.79 Å². The van der Waals surface area contributed by atoms with E-state index in [1.807, 2.05) is 0 Å². The number of nitrogens with zero attached hydrogens (tertiary/aromatic N) is 1. The minimum absolute atomic E-state index is 0.0815. The summed E-state index contributed by atoms with van der Waals surface area (Å²) in [5.74, 6) is -2.41. The van der Waals surface area contributed by atoms with Crippen LogP contribution in [0.2, 0.25) is 0 Å². The van der Waals surface area contributed by atoms with E-state index >= 15 is 0 Å². The number of amides is 1. The number of carbonyl (C=O) groups excluding carboxylic acids is 1. The Balaban J connectivity index is 1.78. The fraction of sp³-hybridized carbons (Fsp3) is 0.533. The molecule has 116 valence electrons. The molecule has 1 amide bonds. The Morgan fingerprint density at radius 2 is 2.00 bits per heavy atom. The lowest BCUT2D eigenvalue weighted by Gasteiger charge is -2.33. The molecule has 1 aliphatic heterocycles. The van der Waals surface area contributed by atoms with Crippen molar-refractivity contribution in [3.05, 3.63) is 35.4 Å². The topological polar surface area (TPSA) is 66.6 Å². The second-order valence-electron chi connectivity index (χ2n) is 5.52. The van der Waals surface area contributed by atoms with Crippen molar-refractivity contribution >= 4 is 5.91 Å². The standard InChI is InChI=1S/C15H20F2N2O2/c16-12-2-1-10(9-13(12)17)3-6-19-7-4-11(5-8-19)14(20)15(18)21/h1-2,9,11,14,20H,3-8H2,(H2,18,21)/t14-/m0/s1. The number of carbonyl (C=O) groups is 1. The van der Waals surface area contributed by atoms with Gasteiger partial charge in [0, 0.05) is 6.54 Å². The Morgan fingerprint density at radius 3 is 2.57 bits per heavy atom. The summed E-state index contributed by atoms with van der Waals surface area (Å²) in [6.07, 6.45) is 0.989. The number of piperidine rings is 1. The van der Waals surface area contributed by atoms with Crippen LogP contribution in [0, 0.1) is 17.6 Å². The van der Waals surface area contributed by atoms with Gasteiger partial charge in [0.05, 0.1) is 0 Å². The molecule has 1 heterocycles. The zero-order valence-electron chi connectivity index (χ0n) is 11.8. The van der Waals surface area contributed by atoms with Crippen LogP contribution in [0.5, 0.6) is 0 Å². The van der Waals surface area contributed by atoms with E-state index in [2.05, 4.69) is 4.90 Å². The van der Waals surface area contributed by atoms with E-state index in [-0.39, 0.29) is 5.92 Å². The third kappa shape index (κ3) is 4.22. The summed E-state index contributed by atoms with van der Waals surface area (Å²) in [7, 11) is 0. The number of aliphatic hydroxyl groups is 1. The van der Waals surface area contributed by atoms with Crippen LogP contribution >= 0.6 is 0 Å². The van der Waals surface area contributed by atoms with Crippen molar-refractivity contribution in [1.29, 1.82) is 0 Å². The molecule has 2 rings (SSSR count). The Morgan fingerprint density at radius 1 is 1.33 bits per heavy atom. The SMILES string of the molecule is NC(=O)[C@@H](O)C1CCN(CCc2ccc(F)c(F)c2)CC1. The van der Waals surface area contributed by atoms with E-state index in [0.29, 0.717) is 19.3 Å². The van der Waals surface area contributed by atoms with Crippen LogP contribution in [-0.2, 0) is 11.2 Å². The normalized spacial score (nSPS) is 18.6. The first kappa shape index (κ1) is 15.9. The molecule has 0 unspecified atom stereocenters. The average molecular weight is 298 g/mol. The molecule has 1 aromatic rings. The van der Waals surface area contributed by atoms with Crippen LogP contribution < -0.4 is 5.73 Å². The molecule has 0 saturated carbocycles. The summed E-state index contributed by atoms with van der Waals surface area (Å²) in [5, 5.41) is 9.63. The van der Waals surface area contributed by atoms with E-state index < -0.39 is 23.6 Å². The van der Waals surface area contributed by atoms with Gasteiger partial charge in [0.15, 0.2) is 11.6 Å². The van der Waals surface area contributed by atoms with Crippen LogP contribution in [0.4, 0.5) is 8.78 Å². The van der Waals surface area contributed by atoms with Gasteiger partial charge in [0.25, 0.3) is 0 Å². The highest BCUT2D eigenvalue weighted by Gasteiger charge is 2.28. The largest absolute Gasteiger partial charge is 0.383 e. The number of likely N-dealkylation sites (tertiary alicyclic amines) is 1. The summed E-state index contributed by atoms with van der Waals surface area (Å²) in [4.78, 5) is 13.1. The van der Waals surface area contributed by atoms with E-state index in [4.69, 9.17) is 5.73 Å². The maximum atomic E-state index is 13.1. The molecule has 0 aromatic heterocycles. The summed E-state index contributed by atoms with van der Waals surface area (Å²) in [5.41, 5.74) is 5.85. The molecular weight excluding hydrogens is 278 g/mol. The second kappa shape index (κ2) is 6.95. The van der Waals surface area contributed by atoms with Crippen LogP contribution in [0.1, 0.15) is 18.4 Å². The zero-order valence-corrected chi connectivity index (χ0v) is 11.8. The average Bonchev–Trinajstić information content (AvgIpc) is 2.48. The Labute approximate surface area is 122 Å². The van der Waals surface area contributed by atoms with E-state index in [1.54, 1.807) is 6.07 Å². The van der Waals surface area contributed by atoms with Gasteiger partial charge in [0.1, 0.15) is 6.10 Å². The molecule has 0 bridgehead atoms. The zero-order chi connectivity index (χ0) is 15.4. The lowest BCUT2D eigenvalue weighted by molar-refractivity contribution is -0.129. The van der Waals surface area contributed by atoms with Crippen LogP contribution in [0.3, 0.4) is 0 Å². The van der Waals surface area contributed by atoms with Gasteiger partial charge in [-0.2, -0.15) is 0 Å². The fourth-order valence-electron chi connectivity index (χ4n) is 2.71. The predicted molar refractivity (Wildman–Crippen MR) is 74.4 cm³/mol. The molecule has 1 fully saturated rings. The minimum Gasteiger partial charge on any atom is -0.383 e. The van der Waals surface area contributed by atoms with Gasteiger partial charge in [-0.25, -0.2) is 8.78 Å². The van der Waals surface area contributed by atoms with E-state index in [0.717, 1.165) is 31.3 Å². The quantitative estimate of drug-likeness (QED) is 0.854. The summed E-state index contributed by atoms with van der Waals surface area (Å²) in [6, 6.07) is 3.95. The Hall–Kier alpha value is -1.53. The number of hydrogen-bond donors (Lipinski definition) is 2. The molecule has 0 radical (unpaired) electrons. The molecule has 1 atom stereocenters. The lowest BCUT2D eigenvalue weighted by atomic mass is 9.91. The highest BCUT2D eigenvalue weighted by Crippen LogP contribution is 2.21. The van der Waals surface area contributed by atoms with E-state index in [1.165, 1.54) is 6.07 Å². The number of rotatable bonds is 5. The first-order valence-corrected chi connectivity index (χ1v) is 7.11. The van der Waals surface area contributed by atoms with E-state index in [9.17, 15) is 18.7 Å². The fourth-order valence-corrected chi connectivity index (χ4v) is 2.71. The lowest BCUT2D eigenvalue weighted by Crippen LogP contribution is -2.43. The molecular formula is C15H20F2N2O2. The van der Waals surface area contributed by atoms with Crippen LogP contribution in [0.15, 0.2) is 18.2 Å². The molecule has 4 nitrogen and oxygen atoms in total. The molecule has 0 aliphatic carbocycles.